The molecular weight excluding hydrogens is 518 g/mol. The summed E-state index contributed by atoms with van der Waals surface area (Å²) in [5.41, 5.74) is 5.48. The van der Waals surface area contributed by atoms with Gasteiger partial charge in [-0.05, 0) is 56.0 Å². The topological polar surface area (TPSA) is 82.3 Å². The van der Waals surface area contributed by atoms with E-state index in [1.807, 2.05) is 25.1 Å². The molecule has 5 aromatic rings. The van der Waals surface area contributed by atoms with Crippen molar-refractivity contribution in [1.82, 2.24) is 25.1 Å². The highest BCUT2D eigenvalue weighted by Crippen LogP contribution is 2.33. The van der Waals surface area contributed by atoms with E-state index in [0.717, 1.165) is 35.1 Å². The Bertz CT molecular complexity index is 1910. The van der Waals surface area contributed by atoms with Gasteiger partial charge in [-0.25, -0.2) is 8.78 Å². The standard InChI is InChI=1S/C33H30F2N6/c1-4-27-30(31(35)19(2)23-15-25(18-36-17-23)38-20(3)21-8-5-6-9-21)33(41-40-27)29-16-26-28(39-29)12-13-37-32(26)22-10-7-11-24(34)14-22/h4,7,10-18,21,38-40H,2-3,5-6,8-9H2,1H3/b27-4+,31-30-. The van der Waals surface area contributed by atoms with Crippen molar-refractivity contribution < 1.29 is 8.78 Å². The molecule has 4 aromatic heterocycles. The van der Waals surface area contributed by atoms with Gasteiger partial charge >= 0.3 is 0 Å². The van der Waals surface area contributed by atoms with Gasteiger partial charge in [0.2, 0.25) is 0 Å². The molecule has 6 rings (SSSR count). The summed E-state index contributed by atoms with van der Waals surface area (Å²) >= 11 is 0. The highest BCUT2D eigenvalue weighted by atomic mass is 19.1. The summed E-state index contributed by atoms with van der Waals surface area (Å²) in [6, 6.07) is 11.8. The molecule has 206 valence electrons. The predicted molar refractivity (Wildman–Crippen MR) is 161 cm³/mol. The second-order valence-corrected chi connectivity index (χ2v) is 10.4. The van der Waals surface area contributed by atoms with Crippen LogP contribution in [-0.4, -0.2) is 25.1 Å². The number of H-pyrrole nitrogens is 2. The van der Waals surface area contributed by atoms with Crippen LogP contribution >= 0.6 is 0 Å². The first-order chi connectivity index (χ1) is 19.9. The van der Waals surface area contributed by atoms with Crippen molar-refractivity contribution in [2.24, 2.45) is 5.92 Å². The molecule has 1 aliphatic rings. The Morgan fingerprint density at radius 3 is 2.68 bits per heavy atom. The minimum Gasteiger partial charge on any atom is -0.358 e. The third-order valence-corrected chi connectivity index (χ3v) is 7.71. The molecule has 0 aliphatic heterocycles. The van der Waals surface area contributed by atoms with Crippen LogP contribution in [0.5, 0.6) is 0 Å². The van der Waals surface area contributed by atoms with Crippen LogP contribution in [0.15, 0.2) is 79.9 Å². The molecule has 41 heavy (non-hydrogen) atoms. The zero-order valence-corrected chi connectivity index (χ0v) is 22.8. The Balaban J connectivity index is 1.40. The molecule has 0 unspecified atom stereocenters. The number of allylic oxidation sites excluding steroid dienone is 2. The molecule has 0 atom stereocenters. The third kappa shape index (κ3) is 5.09. The number of halogens is 2. The molecule has 1 saturated carbocycles. The summed E-state index contributed by atoms with van der Waals surface area (Å²) < 4.78 is 30.3. The molecule has 1 aromatic carbocycles. The number of nitrogens with one attached hydrogen (secondary N) is 3. The van der Waals surface area contributed by atoms with E-state index >= 15 is 4.39 Å². The molecule has 0 amide bonds. The average molecular weight is 549 g/mol. The van der Waals surface area contributed by atoms with Crippen LogP contribution in [0.25, 0.3) is 51.0 Å². The molecule has 8 heteroatoms. The van der Waals surface area contributed by atoms with E-state index in [1.54, 1.807) is 36.8 Å². The van der Waals surface area contributed by atoms with E-state index in [9.17, 15) is 4.39 Å². The van der Waals surface area contributed by atoms with E-state index in [4.69, 9.17) is 0 Å². The fraction of sp³-hybridized carbons (Fsp3) is 0.182. The zero-order chi connectivity index (χ0) is 28.5. The Hall–Kier alpha value is -4.85. The number of rotatable bonds is 7. The maximum absolute atomic E-state index is 16.3. The normalized spacial score (nSPS) is 15.0. The summed E-state index contributed by atoms with van der Waals surface area (Å²) in [7, 11) is 0. The van der Waals surface area contributed by atoms with Crippen molar-refractivity contribution >= 4 is 34.1 Å². The van der Waals surface area contributed by atoms with Gasteiger partial charge < -0.3 is 10.3 Å². The molecule has 4 heterocycles. The van der Waals surface area contributed by atoms with E-state index in [0.29, 0.717) is 39.5 Å². The molecule has 6 nitrogen and oxygen atoms in total. The lowest BCUT2D eigenvalue weighted by Gasteiger charge is -2.16. The van der Waals surface area contributed by atoms with Gasteiger partial charge in [-0.15, -0.1) is 0 Å². The molecule has 1 fully saturated rings. The molecule has 0 bridgehead atoms. The maximum Gasteiger partial charge on any atom is 0.142 e. The lowest BCUT2D eigenvalue weighted by molar-refractivity contribution is 0.628. The lowest BCUT2D eigenvalue weighted by atomic mass is 10.0. The van der Waals surface area contributed by atoms with Crippen molar-refractivity contribution in [3.8, 4) is 22.6 Å². The number of hydrogen-bond acceptors (Lipinski definition) is 4. The van der Waals surface area contributed by atoms with Crippen molar-refractivity contribution in [2.45, 2.75) is 32.6 Å². The highest BCUT2D eigenvalue weighted by molar-refractivity contribution is 5.97. The Labute approximate surface area is 236 Å². The summed E-state index contributed by atoms with van der Waals surface area (Å²) in [6.45, 7) is 10.1. The quantitative estimate of drug-likeness (QED) is 0.208. The minimum absolute atomic E-state index is 0.191. The Kier molecular flexibility index (Phi) is 7.05. The van der Waals surface area contributed by atoms with Crippen LogP contribution in [-0.2, 0) is 0 Å². The highest BCUT2D eigenvalue weighted by Gasteiger charge is 2.20. The second kappa shape index (κ2) is 11.0. The largest absolute Gasteiger partial charge is 0.358 e. The fourth-order valence-corrected chi connectivity index (χ4v) is 5.54. The van der Waals surface area contributed by atoms with Gasteiger partial charge in [0.15, 0.2) is 0 Å². The third-order valence-electron chi connectivity index (χ3n) is 7.71. The van der Waals surface area contributed by atoms with Gasteiger partial charge in [-0.3, -0.25) is 15.1 Å². The number of anilines is 1. The molecular formula is C33H30F2N6. The first-order valence-electron chi connectivity index (χ1n) is 13.7. The van der Waals surface area contributed by atoms with Crippen LogP contribution in [0, 0.1) is 11.7 Å². The van der Waals surface area contributed by atoms with Gasteiger partial charge in [0.25, 0.3) is 0 Å². The van der Waals surface area contributed by atoms with Gasteiger partial charge in [-0.1, -0.05) is 44.2 Å². The van der Waals surface area contributed by atoms with Crippen molar-refractivity contribution in [1.29, 1.82) is 0 Å². The number of nitrogens with zero attached hydrogens (tertiary/aromatic N) is 3. The number of aromatic nitrogens is 5. The van der Waals surface area contributed by atoms with E-state index in [1.165, 1.54) is 25.0 Å². The second-order valence-electron chi connectivity index (χ2n) is 10.4. The first kappa shape index (κ1) is 26.4. The molecule has 1 aliphatic carbocycles. The summed E-state index contributed by atoms with van der Waals surface area (Å²) in [4.78, 5) is 12.2. The van der Waals surface area contributed by atoms with Crippen LogP contribution in [0.1, 0.15) is 38.2 Å². The minimum atomic E-state index is -0.516. The molecule has 0 saturated heterocycles. The summed E-state index contributed by atoms with van der Waals surface area (Å²) in [5.74, 6) is -0.423. The van der Waals surface area contributed by atoms with Gasteiger partial charge in [-0.2, -0.15) is 5.10 Å². The van der Waals surface area contributed by atoms with E-state index in [2.05, 4.69) is 43.6 Å². The number of hydrogen-bond donors (Lipinski definition) is 3. The SMILES string of the molecule is C=C(/C(F)=c1/c(-c2cc3c(-c4cccc(F)c4)nccc3[nH]2)n[nH]/c1=C/C)c1cncc(NC(=C)C2CCCC2)c1. The van der Waals surface area contributed by atoms with E-state index < -0.39 is 5.83 Å². The van der Waals surface area contributed by atoms with Gasteiger partial charge in [0.05, 0.1) is 33.8 Å². The van der Waals surface area contributed by atoms with Crippen LogP contribution in [0.4, 0.5) is 14.5 Å². The van der Waals surface area contributed by atoms with Crippen molar-refractivity contribution in [3.05, 3.63) is 102 Å². The fourth-order valence-electron chi connectivity index (χ4n) is 5.54. The molecule has 3 N–H and O–H groups in total. The number of pyridine rings is 2. The lowest BCUT2D eigenvalue weighted by Crippen LogP contribution is -2.25. The monoisotopic (exact) mass is 548 g/mol. The van der Waals surface area contributed by atoms with Crippen LogP contribution in [0.2, 0.25) is 0 Å². The summed E-state index contributed by atoms with van der Waals surface area (Å²) in [6.07, 6.45) is 11.4. The first-order valence-corrected chi connectivity index (χ1v) is 13.7. The van der Waals surface area contributed by atoms with Crippen molar-refractivity contribution in [3.63, 3.8) is 0 Å². The predicted octanol–water partition coefficient (Wildman–Crippen LogP) is 6.86. The van der Waals surface area contributed by atoms with Crippen LogP contribution < -0.4 is 15.9 Å². The molecule has 0 radical (unpaired) electrons. The maximum atomic E-state index is 16.3. The average Bonchev–Trinajstić information content (AvgIpc) is 3.75. The van der Waals surface area contributed by atoms with Crippen LogP contribution in [0.3, 0.4) is 0 Å². The van der Waals surface area contributed by atoms with Gasteiger partial charge in [0, 0.05) is 45.7 Å². The number of fused-ring (bicyclic) bond motifs is 1. The zero-order valence-electron chi connectivity index (χ0n) is 22.8. The molecule has 0 spiro atoms. The van der Waals surface area contributed by atoms with Crippen molar-refractivity contribution in [2.75, 3.05) is 5.32 Å². The number of aromatic amines is 2. The smallest absolute Gasteiger partial charge is 0.142 e. The number of benzene rings is 1. The van der Waals surface area contributed by atoms with E-state index in [-0.39, 0.29) is 16.6 Å². The van der Waals surface area contributed by atoms with Gasteiger partial charge in [0.1, 0.15) is 17.3 Å². The Morgan fingerprint density at radius 1 is 1.07 bits per heavy atom. The summed E-state index contributed by atoms with van der Waals surface area (Å²) in [5, 5.41) is 12.4. The Morgan fingerprint density at radius 2 is 1.90 bits per heavy atom.